The molecule has 88 valence electrons. The summed E-state index contributed by atoms with van der Waals surface area (Å²) < 4.78 is 0.918. The number of aliphatic carboxylic acids is 1. The van der Waals surface area contributed by atoms with E-state index >= 15 is 0 Å². The number of nitrogens with one attached hydrogen (secondary N) is 1. The van der Waals surface area contributed by atoms with Gasteiger partial charge in [0.05, 0.1) is 0 Å². The Hall–Kier alpha value is -1.62. The van der Waals surface area contributed by atoms with E-state index in [0.717, 1.165) is 15.4 Å². The number of H-pyrrole nitrogens is 1. The van der Waals surface area contributed by atoms with Crippen LogP contribution in [0.5, 0.6) is 0 Å². The summed E-state index contributed by atoms with van der Waals surface area (Å²) in [5.74, 6) is -0.904. The summed E-state index contributed by atoms with van der Waals surface area (Å²) in [6.45, 7) is 0. The first-order valence-electron chi connectivity index (χ1n) is 5.09. The smallest absolute Gasteiger partial charge is 0.303 e. The van der Waals surface area contributed by atoms with Crippen LogP contribution in [0.1, 0.15) is 12.0 Å². The van der Waals surface area contributed by atoms with Crippen molar-refractivity contribution >= 4 is 32.8 Å². The topological polar surface area (TPSA) is 70.2 Å². The van der Waals surface area contributed by atoms with Gasteiger partial charge in [-0.1, -0.05) is 15.9 Å². The number of rotatable bonds is 3. The van der Waals surface area contributed by atoms with Crippen LogP contribution in [-0.4, -0.2) is 16.1 Å². The molecule has 2 rings (SSSR count). The van der Waals surface area contributed by atoms with Gasteiger partial charge in [-0.2, -0.15) is 0 Å². The lowest BCUT2D eigenvalue weighted by molar-refractivity contribution is -0.136. The molecule has 4 nitrogen and oxygen atoms in total. The SMILES string of the molecule is O=C(O)CCc1cc2cc(Br)ccc2[nH]c1=O. The Balaban J connectivity index is 2.46. The number of halogens is 1. The van der Waals surface area contributed by atoms with Crippen molar-refractivity contribution in [2.24, 2.45) is 0 Å². The molecular weight excluding hydrogens is 286 g/mol. The molecule has 0 aliphatic rings. The third-order valence-electron chi connectivity index (χ3n) is 2.49. The van der Waals surface area contributed by atoms with E-state index in [1.165, 1.54) is 0 Å². The van der Waals surface area contributed by atoms with Crippen LogP contribution < -0.4 is 5.56 Å². The van der Waals surface area contributed by atoms with E-state index in [-0.39, 0.29) is 18.4 Å². The largest absolute Gasteiger partial charge is 0.481 e. The summed E-state index contributed by atoms with van der Waals surface area (Å²) in [6.07, 6.45) is 0.204. The van der Waals surface area contributed by atoms with Gasteiger partial charge in [-0.25, -0.2) is 0 Å². The van der Waals surface area contributed by atoms with Crippen LogP contribution in [0.15, 0.2) is 33.5 Å². The van der Waals surface area contributed by atoms with Gasteiger partial charge in [0.15, 0.2) is 0 Å². The molecule has 1 aromatic heterocycles. The molecule has 0 amide bonds. The predicted octanol–water partition coefficient (Wildman–Crippen LogP) is 2.31. The molecule has 0 unspecified atom stereocenters. The molecule has 0 radical (unpaired) electrons. The van der Waals surface area contributed by atoms with Crippen molar-refractivity contribution in [1.29, 1.82) is 0 Å². The van der Waals surface area contributed by atoms with Crippen LogP contribution in [0.3, 0.4) is 0 Å². The van der Waals surface area contributed by atoms with Crippen molar-refractivity contribution in [3.05, 3.63) is 44.7 Å². The molecule has 0 atom stereocenters. The lowest BCUT2D eigenvalue weighted by Crippen LogP contribution is -2.13. The fourth-order valence-corrected chi connectivity index (χ4v) is 2.03. The zero-order chi connectivity index (χ0) is 12.4. The van der Waals surface area contributed by atoms with Gasteiger partial charge in [0, 0.05) is 22.0 Å². The average Bonchev–Trinajstić information content (AvgIpc) is 2.26. The molecule has 17 heavy (non-hydrogen) atoms. The normalized spacial score (nSPS) is 10.6. The first kappa shape index (κ1) is 11.9. The minimum absolute atomic E-state index is 0.0391. The number of fused-ring (bicyclic) bond motifs is 1. The van der Waals surface area contributed by atoms with E-state index in [9.17, 15) is 9.59 Å². The van der Waals surface area contributed by atoms with E-state index in [1.807, 2.05) is 18.2 Å². The highest BCUT2D eigenvalue weighted by molar-refractivity contribution is 9.10. The minimum Gasteiger partial charge on any atom is -0.481 e. The highest BCUT2D eigenvalue weighted by atomic mass is 79.9. The quantitative estimate of drug-likeness (QED) is 0.913. The van der Waals surface area contributed by atoms with E-state index in [2.05, 4.69) is 20.9 Å². The van der Waals surface area contributed by atoms with Gasteiger partial charge >= 0.3 is 5.97 Å². The minimum atomic E-state index is -0.904. The third kappa shape index (κ3) is 2.74. The first-order chi connectivity index (χ1) is 8.06. The van der Waals surface area contributed by atoms with Crippen molar-refractivity contribution in [1.82, 2.24) is 4.98 Å². The first-order valence-corrected chi connectivity index (χ1v) is 5.89. The lowest BCUT2D eigenvalue weighted by atomic mass is 10.1. The maximum absolute atomic E-state index is 11.7. The highest BCUT2D eigenvalue weighted by Crippen LogP contribution is 2.18. The fraction of sp³-hybridized carbons (Fsp3) is 0.167. The zero-order valence-corrected chi connectivity index (χ0v) is 10.5. The van der Waals surface area contributed by atoms with Gasteiger partial charge in [-0.3, -0.25) is 9.59 Å². The number of carboxylic acids is 1. The number of pyridine rings is 1. The van der Waals surface area contributed by atoms with Crippen molar-refractivity contribution in [2.45, 2.75) is 12.8 Å². The summed E-state index contributed by atoms with van der Waals surface area (Å²) in [5, 5.41) is 9.49. The second-order valence-electron chi connectivity index (χ2n) is 3.75. The van der Waals surface area contributed by atoms with E-state index < -0.39 is 5.97 Å². The third-order valence-corrected chi connectivity index (χ3v) is 2.98. The molecule has 1 heterocycles. The predicted molar refractivity (Wildman–Crippen MR) is 68.2 cm³/mol. The molecule has 1 aromatic carbocycles. The van der Waals surface area contributed by atoms with E-state index in [0.29, 0.717) is 5.56 Å². The van der Waals surface area contributed by atoms with Crippen molar-refractivity contribution < 1.29 is 9.90 Å². The Bertz CT molecular complexity index is 633. The fourth-order valence-electron chi connectivity index (χ4n) is 1.65. The second-order valence-corrected chi connectivity index (χ2v) is 4.66. The Kier molecular flexibility index (Phi) is 3.28. The number of aromatic amines is 1. The van der Waals surface area contributed by atoms with E-state index in [1.54, 1.807) is 6.07 Å². The molecular formula is C12H10BrNO3. The standard InChI is InChI=1S/C12H10BrNO3/c13-9-2-3-10-8(6-9)5-7(12(17)14-10)1-4-11(15)16/h2-3,5-6H,1,4H2,(H,14,17)(H,15,16). The highest BCUT2D eigenvalue weighted by Gasteiger charge is 2.05. The molecule has 2 N–H and O–H groups in total. The second kappa shape index (κ2) is 4.71. The summed E-state index contributed by atoms with van der Waals surface area (Å²) in [7, 11) is 0. The molecule has 2 aromatic rings. The number of aromatic nitrogens is 1. The average molecular weight is 296 g/mol. The Morgan fingerprint density at radius 1 is 1.35 bits per heavy atom. The van der Waals surface area contributed by atoms with Crippen molar-refractivity contribution in [3.8, 4) is 0 Å². The number of carboxylic acid groups (broad SMARTS) is 1. The Morgan fingerprint density at radius 3 is 2.82 bits per heavy atom. The van der Waals surface area contributed by atoms with Gasteiger partial charge in [-0.15, -0.1) is 0 Å². The maximum atomic E-state index is 11.7. The number of hydrogen-bond acceptors (Lipinski definition) is 2. The van der Waals surface area contributed by atoms with Gasteiger partial charge in [0.2, 0.25) is 0 Å². The summed E-state index contributed by atoms with van der Waals surface area (Å²) in [5.41, 5.74) is 1.02. The molecule has 0 saturated carbocycles. The Morgan fingerprint density at radius 2 is 2.12 bits per heavy atom. The Labute approximate surface area is 105 Å². The maximum Gasteiger partial charge on any atom is 0.303 e. The number of carbonyl (C=O) groups is 1. The van der Waals surface area contributed by atoms with Crippen LogP contribution in [-0.2, 0) is 11.2 Å². The molecule has 0 saturated heterocycles. The monoisotopic (exact) mass is 295 g/mol. The lowest BCUT2D eigenvalue weighted by Gasteiger charge is -2.02. The number of benzene rings is 1. The van der Waals surface area contributed by atoms with Gasteiger partial charge < -0.3 is 10.1 Å². The van der Waals surface area contributed by atoms with Gasteiger partial charge in [0.1, 0.15) is 0 Å². The zero-order valence-electron chi connectivity index (χ0n) is 8.87. The van der Waals surface area contributed by atoms with Gasteiger partial charge in [-0.05, 0) is 36.1 Å². The van der Waals surface area contributed by atoms with Crippen LogP contribution >= 0.6 is 15.9 Å². The molecule has 0 aliphatic carbocycles. The number of aryl methyl sites for hydroxylation is 1. The van der Waals surface area contributed by atoms with Gasteiger partial charge in [0.25, 0.3) is 5.56 Å². The van der Waals surface area contributed by atoms with Crippen molar-refractivity contribution in [3.63, 3.8) is 0 Å². The van der Waals surface area contributed by atoms with Crippen molar-refractivity contribution in [2.75, 3.05) is 0 Å². The van der Waals surface area contributed by atoms with Crippen LogP contribution in [0.25, 0.3) is 10.9 Å². The number of hydrogen-bond donors (Lipinski definition) is 2. The van der Waals surface area contributed by atoms with Crippen LogP contribution in [0.2, 0.25) is 0 Å². The van der Waals surface area contributed by atoms with Crippen LogP contribution in [0, 0.1) is 0 Å². The van der Waals surface area contributed by atoms with E-state index in [4.69, 9.17) is 5.11 Å². The molecule has 5 heteroatoms. The summed E-state index contributed by atoms with van der Waals surface area (Å²) in [4.78, 5) is 24.9. The molecule has 0 fully saturated rings. The molecule has 0 bridgehead atoms. The summed E-state index contributed by atoms with van der Waals surface area (Å²) in [6, 6.07) is 7.27. The van der Waals surface area contributed by atoms with Crippen LogP contribution in [0.4, 0.5) is 0 Å². The molecule has 0 spiro atoms. The molecule has 0 aliphatic heterocycles. The summed E-state index contributed by atoms with van der Waals surface area (Å²) >= 11 is 3.35.